The quantitative estimate of drug-likeness (QED) is 0.800. The first kappa shape index (κ1) is 19.0. The molecule has 0 spiro atoms. The van der Waals surface area contributed by atoms with Crippen molar-refractivity contribution in [2.24, 2.45) is 0 Å². The van der Waals surface area contributed by atoms with Crippen molar-refractivity contribution >= 4 is 5.78 Å². The van der Waals surface area contributed by atoms with Gasteiger partial charge in [-0.1, -0.05) is 12.1 Å². The summed E-state index contributed by atoms with van der Waals surface area (Å²) in [5.41, 5.74) is 2.32. The van der Waals surface area contributed by atoms with Crippen molar-refractivity contribution in [3.63, 3.8) is 0 Å². The fraction of sp³-hybridized carbons (Fsp3) is 0.381. The number of carbonyl (C=O) groups excluding carboxylic acids is 1. The molecule has 144 valence electrons. The van der Waals surface area contributed by atoms with Gasteiger partial charge in [0, 0.05) is 17.2 Å². The van der Waals surface area contributed by atoms with Crippen LogP contribution in [-0.4, -0.2) is 46.2 Å². The number of benzene rings is 2. The van der Waals surface area contributed by atoms with Crippen LogP contribution in [0, 0.1) is 0 Å². The molecule has 0 saturated carbocycles. The van der Waals surface area contributed by atoms with Gasteiger partial charge < -0.3 is 18.9 Å². The van der Waals surface area contributed by atoms with Crippen molar-refractivity contribution in [3.05, 3.63) is 47.0 Å². The number of hydrogen-bond donors (Lipinski definition) is 0. The molecule has 3 rings (SSSR count). The molecule has 2 aromatic carbocycles. The van der Waals surface area contributed by atoms with Gasteiger partial charge in [0.25, 0.3) is 0 Å². The first-order valence-electron chi connectivity index (χ1n) is 8.71. The minimum Gasteiger partial charge on any atom is -0.497 e. The van der Waals surface area contributed by atoms with Crippen LogP contribution >= 0.6 is 0 Å². The molecule has 0 bridgehead atoms. The number of ketones is 1. The minimum absolute atomic E-state index is 0.00461. The second-order valence-electron chi connectivity index (χ2n) is 6.49. The van der Waals surface area contributed by atoms with Crippen LogP contribution in [0.4, 0.5) is 0 Å². The van der Waals surface area contributed by atoms with Gasteiger partial charge >= 0.3 is 0 Å². The van der Waals surface area contributed by atoms with Crippen LogP contribution in [-0.2, 0) is 0 Å². The maximum Gasteiger partial charge on any atom is 0.203 e. The zero-order valence-electron chi connectivity index (χ0n) is 16.5. The number of hydrogen-bond acceptors (Lipinski definition) is 6. The summed E-state index contributed by atoms with van der Waals surface area (Å²) in [5.74, 6) is 2.26. The Hall–Kier alpha value is -2.73. The topological polar surface area (TPSA) is 57.2 Å². The van der Waals surface area contributed by atoms with E-state index in [0.717, 1.165) is 16.9 Å². The van der Waals surface area contributed by atoms with Crippen LogP contribution in [0.2, 0.25) is 0 Å². The third-order valence-electron chi connectivity index (χ3n) is 5.25. The normalized spacial score (nSPS) is 19.4. The molecule has 0 unspecified atom stereocenters. The van der Waals surface area contributed by atoms with Crippen LogP contribution in [0.1, 0.15) is 40.5 Å². The molecule has 1 aliphatic heterocycles. The maximum absolute atomic E-state index is 13.4. The van der Waals surface area contributed by atoms with E-state index in [1.807, 2.05) is 36.2 Å². The molecule has 0 N–H and O–H groups in total. The molecule has 0 saturated heterocycles. The predicted octanol–water partition coefficient (Wildman–Crippen LogP) is 3.65. The highest BCUT2D eigenvalue weighted by Crippen LogP contribution is 2.50. The molecular formula is C21H25NO5. The monoisotopic (exact) mass is 371 g/mol. The second kappa shape index (κ2) is 7.48. The van der Waals surface area contributed by atoms with Gasteiger partial charge in [-0.2, -0.15) is 0 Å². The third kappa shape index (κ3) is 3.00. The van der Waals surface area contributed by atoms with Crippen molar-refractivity contribution in [1.82, 2.24) is 4.90 Å². The average molecular weight is 371 g/mol. The highest BCUT2D eigenvalue weighted by Gasteiger charge is 2.40. The number of nitrogens with zero attached hydrogens (tertiary/aromatic N) is 1. The van der Waals surface area contributed by atoms with Crippen molar-refractivity contribution in [2.45, 2.75) is 19.0 Å². The largest absolute Gasteiger partial charge is 0.497 e. The smallest absolute Gasteiger partial charge is 0.203 e. The van der Waals surface area contributed by atoms with Gasteiger partial charge in [-0.3, -0.25) is 9.69 Å². The second-order valence-corrected chi connectivity index (χ2v) is 6.49. The lowest BCUT2D eigenvalue weighted by Gasteiger charge is -2.39. The lowest BCUT2D eigenvalue weighted by molar-refractivity contribution is 0.0751. The van der Waals surface area contributed by atoms with E-state index in [-0.39, 0.29) is 11.8 Å². The lowest BCUT2D eigenvalue weighted by Crippen LogP contribution is -2.39. The van der Waals surface area contributed by atoms with E-state index >= 15 is 0 Å². The molecule has 0 fully saturated rings. The van der Waals surface area contributed by atoms with Crippen molar-refractivity contribution < 1.29 is 23.7 Å². The zero-order chi connectivity index (χ0) is 19.7. The molecule has 0 amide bonds. The fourth-order valence-electron chi connectivity index (χ4n) is 3.73. The van der Waals surface area contributed by atoms with Gasteiger partial charge in [0.15, 0.2) is 17.3 Å². The fourth-order valence-corrected chi connectivity index (χ4v) is 3.73. The Labute approximate surface area is 159 Å². The first-order chi connectivity index (χ1) is 13.0. The van der Waals surface area contributed by atoms with Crippen LogP contribution in [0.15, 0.2) is 30.3 Å². The van der Waals surface area contributed by atoms with E-state index in [9.17, 15) is 4.79 Å². The number of likely N-dealkylation sites (N-methyl/N-ethyl adjacent to an activating group) is 1. The minimum atomic E-state index is -0.402. The summed E-state index contributed by atoms with van der Waals surface area (Å²) in [4.78, 5) is 15.5. The number of methoxy groups -OCH3 is 4. The van der Waals surface area contributed by atoms with E-state index in [4.69, 9.17) is 18.9 Å². The number of fused-ring (bicyclic) bond motifs is 1. The molecule has 27 heavy (non-hydrogen) atoms. The summed E-state index contributed by atoms with van der Waals surface area (Å²) in [6, 6.07) is 8.87. The average Bonchev–Trinajstić information content (AvgIpc) is 2.70. The Morgan fingerprint density at radius 3 is 2.04 bits per heavy atom. The number of ether oxygens (including phenoxy) is 4. The summed E-state index contributed by atoms with van der Waals surface area (Å²) in [6.07, 6.45) is 0. The van der Waals surface area contributed by atoms with Crippen LogP contribution < -0.4 is 18.9 Å². The first-order valence-corrected chi connectivity index (χ1v) is 8.71. The Morgan fingerprint density at radius 1 is 0.889 bits per heavy atom. The Balaban J connectivity index is 2.17. The van der Waals surface area contributed by atoms with E-state index in [0.29, 0.717) is 22.8 Å². The third-order valence-corrected chi connectivity index (χ3v) is 5.25. The van der Waals surface area contributed by atoms with Gasteiger partial charge in [-0.25, -0.2) is 0 Å². The predicted molar refractivity (Wildman–Crippen MR) is 102 cm³/mol. The standard InChI is InChI=1S/C21H25NO5/c1-12-17-15(11-16(25-4)20(26-5)21(17)27-6)19(23)18(22(12)2)13-7-9-14(24-3)10-8-13/h7-12,18H,1-6H3/t12-,18-/m1/s1. The van der Waals surface area contributed by atoms with Crippen molar-refractivity contribution in [2.75, 3.05) is 35.5 Å². The Bertz CT molecular complexity index is 847. The molecule has 6 heteroatoms. The summed E-state index contributed by atoms with van der Waals surface area (Å²) in [5, 5.41) is 0. The van der Waals surface area contributed by atoms with Crippen LogP contribution in [0.25, 0.3) is 0 Å². The van der Waals surface area contributed by atoms with Crippen molar-refractivity contribution in [3.8, 4) is 23.0 Å². The molecule has 1 aliphatic rings. The lowest BCUT2D eigenvalue weighted by atomic mass is 9.84. The van der Waals surface area contributed by atoms with E-state index in [2.05, 4.69) is 6.92 Å². The van der Waals surface area contributed by atoms with Gasteiger partial charge in [-0.05, 0) is 37.7 Å². The number of carbonyl (C=O) groups is 1. The molecular weight excluding hydrogens is 346 g/mol. The van der Waals surface area contributed by atoms with E-state index in [1.54, 1.807) is 34.5 Å². The van der Waals surface area contributed by atoms with Crippen LogP contribution in [0.5, 0.6) is 23.0 Å². The summed E-state index contributed by atoms with van der Waals surface area (Å²) in [6.45, 7) is 2.05. The highest BCUT2D eigenvalue weighted by atomic mass is 16.5. The molecule has 1 heterocycles. The molecule has 0 aliphatic carbocycles. The molecule has 6 nitrogen and oxygen atoms in total. The van der Waals surface area contributed by atoms with Crippen LogP contribution in [0.3, 0.4) is 0 Å². The number of rotatable bonds is 5. The molecule has 0 aromatic heterocycles. The van der Waals surface area contributed by atoms with Gasteiger partial charge in [0.2, 0.25) is 5.75 Å². The summed E-state index contributed by atoms with van der Waals surface area (Å²) in [7, 11) is 8.25. The van der Waals surface area contributed by atoms with Gasteiger partial charge in [-0.15, -0.1) is 0 Å². The molecule has 0 radical (unpaired) electrons. The summed E-state index contributed by atoms with van der Waals surface area (Å²) >= 11 is 0. The number of Topliss-reactive ketones (excluding diaryl/α,β-unsaturated/α-hetero) is 1. The van der Waals surface area contributed by atoms with Crippen molar-refractivity contribution in [1.29, 1.82) is 0 Å². The van der Waals surface area contributed by atoms with E-state index < -0.39 is 6.04 Å². The zero-order valence-corrected chi connectivity index (χ0v) is 16.5. The highest BCUT2D eigenvalue weighted by molar-refractivity contribution is 6.04. The molecule has 2 atom stereocenters. The maximum atomic E-state index is 13.4. The summed E-state index contributed by atoms with van der Waals surface area (Å²) < 4.78 is 21.8. The molecule has 2 aromatic rings. The SMILES string of the molecule is COc1ccc([C@@H]2C(=O)c3cc(OC)c(OC)c(OC)c3[C@@H](C)N2C)cc1. The van der Waals surface area contributed by atoms with E-state index in [1.165, 1.54) is 0 Å². The van der Waals surface area contributed by atoms with Gasteiger partial charge in [0.05, 0.1) is 34.5 Å². The Kier molecular flexibility index (Phi) is 5.28. The van der Waals surface area contributed by atoms with Gasteiger partial charge in [0.1, 0.15) is 5.75 Å². The Morgan fingerprint density at radius 2 is 1.52 bits per heavy atom.